The molecule has 0 aromatic heterocycles. The predicted octanol–water partition coefficient (Wildman–Crippen LogP) is 3.87. The molecule has 1 heterocycles. The van der Waals surface area contributed by atoms with E-state index in [1.807, 2.05) is 6.92 Å². The van der Waals surface area contributed by atoms with Gasteiger partial charge in [-0.15, -0.1) is 0 Å². The first-order valence-electron chi connectivity index (χ1n) is 7.14. The van der Waals surface area contributed by atoms with Gasteiger partial charge in [-0.1, -0.05) is 29.6 Å². The van der Waals surface area contributed by atoms with E-state index in [1.165, 1.54) is 25.0 Å². The van der Waals surface area contributed by atoms with Gasteiger partial charge in [0.15, 0.2) is 0 Å². The highest BCUT2D eigenvalue weighted by Gasteiger charge is 2.22. The lowest BCUT2D eigenvalue weighted by Gasteiger charge is -2.32. The average molecular weight is 332 g/mol. The normalized spacial score (nSPS) is 18.5. The summed E-state index contributed by atoms with van der Waals surface area (Å²) in [7, 11) is 0. The molecule has 0 spiro atoms. The summed E-state index contributed by atoms with van der Waals surface area (Å²) in [6.45, 7) is 4.60. The van der Waals surface area contributed by atoms with Crippen LogP contribution in [0.25, 0.3) is 0 Å². The summed E-state index contributed by atoms with van der Waals surface area (Å²) in [6, 6.07) is 3.13. The van der Waals surface area contributed by atoms with Gasteiger partial charge < -0.3 is 10.2 Å². The Hall–Kier alpha value is -1.04. The molecule has 1 aliphatic heterocycles. The number of hydrogen-bond acceptors (Lipinski definition) is 4. The molecule has 7 heteroatoms. The van der Waals surface area contributed by atoms with Crippen LogP contribution in [0, 0.1) is 10.1 Å². The molecular weight excluding hydrogens is 313 g/mol. The van der Waals surface area contributed by atoms with Crippen molar-refractivity contribution >= 4 is 34.6 Å². The molecule has 0 saturated carbocycles. The van der Waals surface area contributed by atoms with Crippen LogP contribution in [-0.4, -0.2) is 30.6 Å². The molecule has 0 aliphatic carbocycles. The number of hydrogen-bond donors (Lipinski definition) is 1. The molecule has 21 heavy (non-hydrogen) atoms. The first-order valence-corrected chi connectivity index (χ1v) is 7.90. The average Bonchev–Trinajstić information content (AvgIpc) is 2.46. The van der Waals surface area contributed by atoms with E-state index in [0.717, 1.165) is 26.1 Å². The Balaban J connectivity index is 2.22. The summed E-state index contributed by atoms with van der Waals surface area (Å²) in [5.41, 5.74) is 0.597. The van der Waals surface area contributed by atoms with Gasteiger partial charge in [0.05, 0.1) is 20.7 Å². The minimum Gasteiger partial charge on any atom is -0.368 e. The Morgan fingerprint density at radius 3 is 2.52 bits per heavy atom. The Labute approximate surface area is 134 Å². The quantitative estimate of drug-likeness (QED) is 0.657. The van der Waals surface area contributed by atoms with Crippen molar-refractivity contribution in [2.45, 2.75) is 32.2 Å². The topological polar surface area (TPSA) is 58.4 Å². The van der Waals surface area contributed by atoms with Crippen LogP contribution in [0.2, 0.25) is 10.0 Å². The van der Waals surface area contributed by atoms with E-state index in [9.17, 15) is 10.1 Å². The summed E-state index contributed by atoms with van der Waals surface area (Å²) in [5, 5.41) is 15.0. The molecule has 116 valence electrons. The highest BCUT2D eigenvalue weighted by molar-refractivity contribution is 6.39. The molecular formula is C14H19Cl2N3O2. The molecule has 5 nitrogen and oxygen atoms in total. The third kappa shape index (κ3) is 3.99. The zero-order valence-electron chi connectivity index (χ0n) is 11.9. The van der Waals surface area contributed by atoms with Gasteiger partial charge in [0.1, 0.15) is 0 Å². The lowest BCUT2D eigenvalue weighted by Crippen LogP contribution is -2.43. The Kier molecular flexibility index (Phi) is 5.67. The number of likely N-dealkylation sites (N-methyl/N-ethyl adjacent to an activating group) is 1. The molecule has 1 aromatic carbocycles. The highest BCUT2D eigenvalue weighted by atomic mass is 35.5. The fraction of sp³-hybridized carbons (Fsp3) is 0.571. The molecule has 1 aliphatic rings. The molecule has 1 saturated heterocycles. The van der Waals surface area contributed by atoms with E-state index in [0.29, 0.717) is 21.8 Å². The molecule has 0 bridgehead atoms. The summed E-state index contributed by atoms with van der Waals surface area (Å²) >= 11 is 12.4. The number of nitrogens with zero attached hydrogens (tertiary/aromatic N) is 2. The van der Waals surface area contributed by atoms with Gasteiger partial charge in [0.2, 0.25) is 0 Å². The van der Waals surface area contributed by atoms with Gasteiger partial charge in [0.25, 0.3) is 5.69 Å². The monoisotopic (exact) mass is 331 g/mol. The summed E-state index contributed by atoms with van der Waals surface area (Å²) in [4.78, 5) is 12.4. The number of anilines is 1. The second-order valence-corrected chi connectivity index (χ2v) is 6.01. The number of rotatable bonds is 5. The van der Waals surface area contributed by atoms with Crippen molar-refractivity contribution in [2.24, 2.45) is 0 Å². The minimum atomic E-state index is -0.486. The van der Waals surface area contributed by atoms with E-state index < -0.39 is 4.92 Å². The Morgan fingerprint density at radius 1 is 1.38 bits per heavy atom. The van der Waals surface area contributed by atoms with Crippen molar-refractivity contribution in [1.29, 1.82) is 0 Å². The molecule has 1 atom stereocenters. The number of nitro benzene ring substituents is 1. The second kappa shape index (κ2) is 7.29. The van der Waals surface area contributed by atoms with Crippen LogP contribution in [0.4, 0.5) is 11.4 Å². The number of piperidine rings is 1. The van der Waals surface area contributed by atoms with E-state index in [4.69, 9.17) is 23.2 Å². The van der Waals surface area contributed by atoms with Gasteiger partial charge in [-0.25, -0.2) is 0 Å². The standard InChI is InChI=1S/C14H19Cl2N3O2/c1-2-18(9-10-5-3-4-6-17-10)14-12(15)7-11(19(20)21)8-13(14)16/h7-8,10,17H,2-6,9H2,1H3. The number of non-ortho nitro benzene ring substituents is 1. The molecule has 0 amide bonds. The molecule has 2 rings (SSSR count). The molecule has 1 unspecified atom stereocenters. The first kappa shape index (κ1) is 16.3. The van der Waals surface area contributed by atoms with Crippen LogP contribution in [0.3, 0.4) is 0 Å². The van der Waals surface area contributed by atoms with Crippen LogP contribution in [0.15, 0.2) is 12.1 Å². The fourth-order valence-electron chi connectivity index (χ4n) is 2.68. The maximum absolute atomic E-state index is 10.8. The van der Waals surface area contributed by atoms with E-state index >= 15 is 0 Å². The van der Waals surface area contributed by atoms with Crippen LogP contribution >= 0.6 is 23.2 Å². The number of nitrogens with one attached hydrogen (secondary N) is 1. The van der Waals surface area contributed by atoms with E-state index in [2.05, 4.69) is 10.2 Å². The summed E-state index contributed by atoms with van der Waals surface area (Å²) in [5.74, 6) is 0. The smallest absolute Gasteiger partial charge is 0.272 e. The first-order chi connectivity index (χ1) is 10.0. The maximum Gasteiger partial charge on any atom is 0.272 e. The third-order valence-corrected chi connectivity index (χ3v) is 4.34. The van der Waals surface area contributed by atoms with E-state index in [-0.39, 0.29) is 5.69 Å². The predicted molar refractivity (Wildman–Crippen MR) is 86.6 cm³/mol. The molecule has 1 N–H and O–H groups in total. The molecule has 0 radical (unpaired) electrons. The van der Waals surface area contributed by atoms with Crippen molar-refractivity contribution in [3.63, 3.8) is 0 Å². The van der Waals surface area contributed by atoms with Crippen LogP contribution in [-0.2, 0) is 0 Å². The zero-order chi connectivity index (χ0) is 15.4. The summed E-state index contributed by atoms with van der Waals surface area (Å²) < 4.78 is 0. The van der Waals surface area contributed by atoms with Crippen molar-refractivity contribution < 1.29 is 4.92 Å². The van der Waals surface area contributed by atoms with Crippen LogP contribution < -0.4 is 10.2 Å². The van der Waals surface area contributed by atoms with Crippen LogP contribution in [0.5, 0.6) is 0 Å². The van der Waals surface area contributed by atoms with E-state index in [1.54, 1.807) is 0 Å². The second-order valence-electron chi connectivity index (χ2n) is 5.20. The van der Waals surface area contributed by atoms with Gasteiger partial charge in [0, 0.05) is 31.3 Å². The fourth-order valence-corrected chi connectivity index (χ4v) is 3.40. The third-order valence-electron chi connectivity index (χ3n) is 3.76. The SMILES string of the molecule is CCN(CC1CCCCN1)c1c(Cl)cc([N+](=O)[O-])cc1Cl. The van der Waals surface area contributed by atoms with Crippen LogP contribution in [0.1, 0.15) is 26.2 Å². The molecule has 1 fully saturated rings. The lowest BCUT2D eigenvalue weighted by molar-refractivity contribution is -0.384. The van der Waals surface area contributed by atoms with Gasteiger partial charge in [-0.2, -0.15) is 0 Å². The Bertz CT molecular complexity index is 496. The van der Waals surface area contributed by atoms with Gasteiger partial charge in [-0.05, 0) is 26.3 Å². The lowest BCUT2D eigenvalue weighted by atomic mass is 10.0. The molecule has 1 aromatic rings. The minimum absolute atomic E-state index is 0.0828. The van der Waals surface area contributed by atoms with Crippen molar-refractivity contribution in [3.8, 4) is 0 Å². The number of halogens is 2. The zero-order valence-corrected chi connectivity index (χ0v) is 13.5. The largest absolute Gasteiger partial charge is 0.368 e. The number of benzene rings is 1. The van der Waals surface area contributed by atoms with Gasteiger partial charge in [-0.3, -0.25) is 10.1 Å². The summed E-state index contributed by atoms with van der Waals surface area (Å²) in [6.07, 6.45) is 3.55. The van der Waals surface area contributed by atoms with Crippen molar-refractivity contribution in [1.82, 2.24) is 5.32 Å². The van der Waals surface area contributed by atoms with Crippen molar-refractivity contribution in [2.75, 3.05) is 24.5 Å². The number of nitro groups is 1. The Morgan fingerprint density at radius 2 is 2.05 bits per heavy atom. The maximum atomic E-state index is 10.8. The highest BCUT2D eigenvalue weighted by Crippen LogP contribution is 2.37. The van der Waals surface area contributed by atoms with Crippen molar-refractivity contribution in [3.05, 3.63) is 32.3 Å². The van der Waals surface area contributed by atoms with Gasteiger partial charge >= 0.3 is 0 Å².